The Bertz CT molecular complexity index is 343. The van der Waals surface area contributed by atoms with Gasteiger partial charge in [-0.1, -0.05) is 6.92 Å². The highest BCUT2D eigenvalue weighted by molar-refractivity contribution is 6.06. The molecule has 1 N–H and O–H groups in total. The average Bonchev–Trinajstić information content (AvgIpc) is 2.61. The van der Waals surface area contributed by atoms with Crippen LogP contribution in [0.3, 0.4) is 0 Å². The molecule has 0 aliphatic carbocycles. The Morgan fingerprint density at radius 1 is 1.50 bits per heavy atom. The Hall–Kier alpha value is -1.43. The average molecular weight is 256 g/mol. The smallest absolute Gasteiger partial charge is 0.319 e. The van der Waals surface area contributed by atoms with Gasteiger partial charge in [0.25, 0.3) is 0 Å². The van der Waals surface area contributed by atoms with Crippen LogP contribution in [0.15, 0.2) is 0 Å². The van der Waals surface area contributed by atoms with Gasteiger partial charge >= 0.3 is 5.97 Å². The van der Waals surface area contributed by atoms with Gasteiger partial charge in [-0.3, -0.25) is 24.6 Å². The second-order valence-corrected chi connectivity index (χ2v) is 4.30. The van der Waals surface area contributed by atoms with E-state index in [1.807, 2.05) is 13.8 Å². The van der Waals surface area contributed by atoms with Gasteiger partial charge < -0.3 is 4.74 Å². The summed E-state index contributed by atoms with van der Waals surface area (Å²) >= 11 is 0. The molecule has 6 nitrogen and oxygen atoms in total. The molecule has 2 amide bonds. The van der Waals surface area contributed by atoms with E-state index in [2.05, 4.69) is 5.32 Å². The number of imide groups is 1. The zero-order valence-corrected chi connectivity index (χ0v) is 11.1. The predicted molar refractivity (Wildman–Crippen MR) is 64.6 cm³/mol. The molecule has 1 saturated heterocycles. The molecule has 1 fully saturated rings. The molecule has 1 aliphatic heterocycles. The van der Waals surface area contributed by atoms with Crippen molar-refractivity contribution >= 4 is 17.8 Å². The SMILES string of the molecule is CCOC(=O)CNC1CC(=O)N(C(C)CC)C1=O. The van der Waals surface area contributed by atoms with Crippen molar-refractivity contribution in [2.24, 2.45) is 0 Å². The quantitative estimate of drug-likeness (QED) is 0.537. The van der Waals surface area contributed by atoms with Gasteiger partial charge in [0.15, 0.2) is 0 Å². The summed E-state index contributed by atoms with van der Waals surface area (Å²) < 4.78 is 4.75. The number of carbonyl (C=O) groups is 3. The lowest BCUT2D eigenvalue weighted by molar-refractivity contribution is -0.142. The van der Waals surface area contributed by atoms with Gasteiger partial charge in [0.1, 0.15) is 0 Å². The summed E-state index contributed by atoms with van der Waals surface area (Å²) in [5, 5.41) is 2.77. The van der Waals surface area contributed by atoms with Gasteiger partial charge in [0, 0.05) is 6.04 Å². The van der Waals surface area contributed by atoms with Gasteiger partial charge in [0.05, 0.1) is 25.6 Å². The Morgan fingerprint density at radius 2 is 2.17 bits per heavy atom. The van der Waals surface area contributed by atoms with Gasteiger partial charge in [0.2, 0.25) is 11.8 Å². The lowest BCUT2D eigenvalue weighted by Gasteiger charge is -2.21. The van der Waals surface area contributed by atoms with Gasteiger partial charge in [-0.2, -0.15) is 0 Å². The molecule has 2 unspecified atom stereocenters. The molecular weight excluding hydrogens is 236 g/mol. The fourth-order valence-corrected chi connectivity index (χ4v) is 1.87. The third kappa shape index (κ3) is 3.29. The first-order valence-electron chi connectivity index (χ1n) is 6.26. The van der Waals surface area contributed by atoms with E-state index in [0.717, 1.165) is 6.42 Å². The van der Waals surface area contributed by atoms with E-state index in [1.165, 1.54) is 4.90 Å². The summed E-state index contributed by atoms with van der Waals surface area (Å²) in [5.41, 5.74) is 0. The summed E-state index contributed by atoms with van der Waals surface area (Å²) in [6, 6.07) is -0.699. The molecule has 0 aromatic carbocycles. The number of rotatable bonds is 6. The standard InChI is InChI=1S/C12H20N2O4/c1-4-8(3)14-10(15)6-9(12(14)17)13-7-11(16)18-5-2/h8-9,13H,4-7H2,1-3H3. The molecular formula is C12H20N2O4. The second kappa shape index (κ2) is 6.49. The monoisotopic (exact) mass is 256 g/mol. The molecule has 1 heterocycles. The number of amides is 2. The number of nitrogens with one attached hydrogen (secondary N) is 1. The van der Waals surface area contributed by atoms with Crippen LogP contribution in [0.5, 0.6) is 0 Å². The molecule has 6 heteroatoms. The molecule has 102 valence electrons. The van der Waals surface area contributed by atoms with Crippen LogP contribution in [0.4, 0.5) is 0 Å². The number of carbonyl (C=O) groups excluding carboxylic acids is 3. The molecule has 0 radical (unpaired) electrons. The fourth-order valence-electron chi connectivity index (χ4n) is 1.87. The molecule has 1 rings (SSSR count). The maximum Gasteiger partial charge on any atom is 0.319 e. The first kappa shape index (κ1) is 14.6. The largest absolute Gasteiger partial charge is 0.465 e. The van der Waals surface area contributed by atoms with Crippen molar-refractivity contribution in [1.82, 2.24) is 10.2 Å². The van der Waals surface area contributed by atoms with E-state index in [0.29, 0.717) is 6.61 Å². The number of hydrogen-bond acceptors (Lipinski definition) is 5. The summed E-state index contributed by atoms with van der Waals surface area (Å²) in [6.07, 6.45) is 0.838. The maximum absolute atomic E-state index is 12.0. The van der Waals surface area contributed by atoms with E-state index >= 15 is 0 Å². The number of nitrogens with zero attached hydrogens (tertiary/aromatic N) is 1. The minimum absolute atomic E-state index is 0.0497. The van der Waals surface area contributed by atoms with Crippen molar-refractivity contribution in [3.05, 3.63) is 0 Å². The zero-order valence-electron chi connectivity index (χ0n) is 11.1. The third-order valence-corrected chi connectivity index (χ3v) is 3.01. The molecule has 0 spiro atoms. The lowest BCUT2D eigenvalue weighted by Crippen LogP contribution is -2.44. The van der Waals surface area contributed by atoms with Crippen molar-refractivity contribution in [3.8, 4) is 0 Å². The van der Waals surface area contributed by atoms with Gasteiger partial charge in [-0.05, 0) is 20.3 Å². The zero-order chi connectivity index (χ0) is 13.7. The highest BCUT2D eigenvalue weighted by atomic mass is 16.5. The van der Waals surface area contributed by atoms with Crippen LogP contribution in [0.25, 0.3) is 0 Å². The van der Waals surface area contributed by atoms with Crippen LogP contribution in [0.1, 0.15) is 33.6 Å². The van der Waals surface area contributed by atoms with Crippen molar-refractivity contribution in [3.63, 3.8) is 0 Å². The molecule has 2 atom stereocenters. The minimum atomic E-state index is -0.601. The summed E-state index contributed by atoms with van der Waals surface area (Å²) in [7, 11) is 0. The third-order valence-electron chi connectivity index (χ3n) is 3.01. The van der Waals surface area contributed by atoms with E-state index in [4.69, 9.17) is 4.74 Å². The maximum atomic E-state index is 12.0. The van der Waals surface area contributed by atoms with E-state index < -0.39 is 12.0 Å². The first-order valence-corrected chi connectivity index (χ1v) is 6.26. The van der Waals surface area contributed by atoms with Crippen molar-refractivity contribution < 1.29 is 19.1 Å². The van der Waals surface area contributed by atoms with Crippen LogP contribution in [-0.4, -0.2) is 47.9 Å². The van der Waals surface area contributed by atoms with Crippen molar-refractivity contribution in [2.45, 2.75) is 45.7 Å². The predicted octanol–water partition coefficient (Wildman–Crippen LogP) is 0.0651. The van der Waals surface area contributed by atoms with Gasteiger partial charge in [-0.15, -0.1) is 0 Å². The normalized spacial score (nSPS) is 21.3. The molecule has 0 aromatic rings. The fraction of sp³-hybridized carbons (Fsp3) is 0.750. The second-order valence-electron chi connectivity index (χ2n) is 4.30. The lowest BCUT2D eigenvalue weighted by atomic mass is 10.2. The summed E-state index contributed by atoms with van der Waals surface area (Å²) in [5.74, 6) is -0.853. The van der Waals surface area contributed by atoms with Crippen LogP contribution in [0.2, 0.25) is 0 Å². The minimum Gasteiger partial charge on any atom is -0.465 e. The van der Waals surface area contributed by atoms with Crippen LogP contribution >= 0.6 is 0 Å². The van der Waals surface area contributed by atoms with Crippen LogP contribution in [0, 0.1) is 0 Å². The number of hydrogen-bond donors (Lipinski definition) is 1. The van der Waals surface area contributed by atoms with Crippen LogP contribution in [-0.2, 0) is 19.1 Å². The topological polar surface area (TPSA) is 75.7 Å². The van der Waals surface area contributed by atoms with Crippen LogP contribution < -0.4 is 5.32 Å². The van der Waals surface area contributed by atoms with Crippen molar-refractivity contribution in [2.75, 3.05) is 13.2 Å². The Morgan fingerprint density at radius 3 is 2.72 bits per heavy atom. The Labute approximate surface area is 107 Å². The summed E-state index contributed by atoms with van der Waals surface area (Å²) in [6.45, 7) is 5.73. The van der Waals surface area contributed by atoms with E-state index in [1.54, 1.807) is 6.92 Å². The summed E-state index contributed by atoms with van der Waals surface area (Å²) in [4.78, 5) is 36.1. The van der Waals surface area contributed by atoms with E-state index in [9.17, 15) is 14.4 Å². The molecule has 0 aromatic heterocycles. The molecule has 0 saturated carbocycles. The molecule has 1 aliphatic rings. The molecule has 0 bridgehead atoms. The number of esters is 1. The number of likely N-dealkylation sites (tertiary alicyclic amines) is 1. The van der Waals surface area contributed by atoms with Crippen molar-refractivity contribution in [1.29, 1.82) is 0 Å². The Balaban J connectivity index is 2.53. The highest BCUT2D eigenvalue weighted by Gasteiger charge is 2.40. The Kier molecular flexibility index (Phi) is 5.27. The number of ether oxygens (including phenoxy) is 1. The highest BCUT2D eigenvalue weighted by Crippen LogP contribution is 2.17. The molecule has 18 heavy (non-hydrogen) atoms. The van der Waals surface area contributed by atoms with Gasteiger partial charge in [-0.25, -0.2) is 0 Å². The van der Waals surface area contributed by atoms with E-state index in [-0.39, 0.29) is 30.8 Å². The first-order chi connectivity index (χ1) is 8.51.